The molecule has 0 aliphatic carbocycles. The molecule has 7 aromatic rings. The number of rotatable bonds is 16. The minimum atomic E-state index is -1.08. The van der Waals surface area contributed by atoms with Crippen molar-refractivity contribution in [3.8, 4) is 28.7 Å². The van der Waals surface area contributed by atoms with Gasteiger partial charge in [-0.25, -0.2) is 15.0 Å². The summed E-state index contributed by atoms with van der Waals surface area (Å²) in [5, 5.41) is 26.5. The minimum absolute atomic E-state index is 0.00326. The maximum Gasteiger partial charge on any atom is 0.251 e. The van der Waals surface area contributed by atoms with Crippen LogP contribution in [0.4, 0.5) is 11.5 Å². The zero-order valence-electron chi connectivity index (χ0n) is 39.2. The zero-order valence-corrected chi connectivity index (χ0v) is 39.2. The summed E-state index contributed by atoms with van der Waals surface area (Å²) >= 11 is 0. The molecule has 0 spiro atoms. The van der Waals surface area contributed by atoms with Crippen molar-refractivity contribution >= 4 is 28.6 Å². The van der Waals surface area contributed by atoms with Gasteiger partial charge in [-0.05, 0) is 47.7 Å². The van der Waals surface area contributed by atoms with E-state index in [0.29, 0.717) is 63.2 Å². The summed E-state index contributed by atoms with van der Waals surface area (Å²) in [4.78, 5) is 30.8. The lowest BCUT2D eigenvalue weighted by Crippen LogP contribution is -2.38. The number of aromatic hydroxyl groups is 1. The van der Waals surface area contributed by atoms with Crippen molar-refractivity contribution in [3.05, 3.63) is 180 Å². The summed E-state index contributed by atoms with van der Waals surface area (Å²) < 4.78 is 43.0. The van der Waals surface area contributed by atoms with Crippen LogP contribution in [0, 0.1) is 5.92 Å². The second-order valence-electron chi connectivity index (χ2n) is 16.7. The highest BCUT2D eigenvalue weighted by Crippen LogP contribution is 2.48. The second kappa shape index (κ2) is 21.3. The number of imidazole rings is 1. The molecule has 2 bridgehead atoms. The molecule has 1 amide bonds. The van der Waals surface area contributed by atoms with Gasteiger partial charge in [0.25, 0.3) is 5.91 Å². The van der Waals surface area contributed by atoms with Crippen molar-refractivity contribution in [1.29, 1.82) is 0 Å². The molecule has 9 rings (SSSR count). The number of fused-ring (bicyclic) bond motifs is 4. The largest absolute Gasteiger partial charge is 0.508 e. The molecule has 3 N–H and O–H groups in total. The maximum absolute atomic E-state index is 14.9. The molecule has 2 aliphatic rings. The number of nitrogens with zero attached hydrogens (tertiary/aromatic N) is 5. The number of methoxy groups -OCH3 is 4. The monoisotopic (exact) mass is 946 g/mol. The van der Waals surface area contributed by atoms with E-state index in [4.69, 9.17) is 48.1 Å². The van der Waals surface area contributed by atoms with Gasteiger partial charge in [0.2, 0.25) is 0 Å². The lowest BCUT2D eigenvalue weighted by molar-refractivity contribution is -0.114. The number of nitrogens with one attached hydrogen (secondary N) is 1. The number of aromatic nitrogens is 4. The average Bonchev–Trinajstić information content (AvgIpc) is 3.97. The van der Waals surface area contributed by atoms with Gasteiger partial charge in [0.1, 0.15) is 29.5 Å². The summed E-state index contributed by atoms with van der Waals surface area (Å²) in [6.45, 7) is -0.274. The zero-order chi connectivity index (χ0) is 48.6. The van der Waals surface area contributed by atoms with Gasteiger partial charge < -0.3 is 53.6 Å². The van der Waals surface area contributed by atoms with Crippen molar-refractivity contribution in [3.63, 3.8) is 0 Å². The fourth-order valence-electron chi connectivity index (χ4n) is 9.35. The van der Waals surface area contributed by atoms with Crippen LogP contribution in [0.1, 0.15) is 40.5 Å². The smallest absolute Gasteiger partial charge is 0.251 e. The van der Waals surface area contributed by atoms with Gasteiger partial charge in [-0.2, -0.15) is 0 Å². The molecule has 0 radical (unpaired) electrons. The molecule has 70 heavy (non-hydrogen) atoms. The molecule has 2 aliphatic heterocycles. The van der Waals surface area contributed by atoms with Crippen LogP contribution < -0.4 is 29.2 Å². The van der Waals surface area contributed by atoms with E-state index >= 15 is 0 Å². The van der Waals surface area contributed by atoms with E-state index in [-0.39, 0.29) is 32.3 Å². The molecule has 4 heterocycles. The van der Waals surface area contributed by atoms with E-state index in [1.165, 1.54) is 57.9 Å². The normalized spacial score (nSPS) is 19.0. The topological polar surface area (TPSA) is 181 Å². The Morgan fingerprint density at radius 1 is 0.771 bits per heavy atom. The van der Waals surface area contributed by atoms with Crippen LogP contribution in [-0.4, -0.2) is 89.9 Å². The molecular weight excluding hydrogens is 893 g/mol. The summed E-state index contributed by atoms with van der Waals surface area (Å²) in [5.74, 6) is 0.835. The highest BCUT2D eigenvalue weighted by molar-refractivity contribution is 6.03. The van der Waals surface area contributed by atoms with Gasteiger partial charge in [0, 0.05) is 49.5 Å². The predicted molar refractivity (Wildman–Crippen MR) is 262 cm³/mol. The number of carbonyl (C=O) groups excluding carboxylic acids is 1. The number of allylic oxidation sites excluding steroid dienone is 2. The quantitative estimate of drug-likeness (QED) is 0.0481. The number of aliphatic hydroxyl groups is 1. The number of benzene rings is 5. The van der Waals surface area contributed by atoms with E-state index in [0.717, 1.165) is 16.7 Å². The van der Waals surface area contributed by atoms with E-state index in [1.807, 2.05) is 66.7 Å². The predicted octanol–water partition coefficient (Wildman–Crippen LogP) is 8.09. The first-order valence-electron chi connectivity index (χ1n) is 22.7. The van der Waals surface area contributed by atoms with Crippen LogP contribution in [-0.2, 0) is 37.5 Å². The molecule has 1 saturated heterocycles. The van der Waals surface area contributed by atoms with Crippen molar-refractivity contribution in [2.24, 2.45) is 5.92 Å². The van der Waals surface area contributed by atoms with Crippen LogP contribution in [0.3, 0.4) is 0 Å². The number of ether oxygens (including phenoxy) is 7. The Kier molecular flexibility index (Phi) is 14.4. The van der Waals surface area contributed by atoms with Gasteiger partial charge >= 0.3 is 0 Å². The summed E-state index contributed by atoms with van der Waals surface area (Å²) in [7, 11) is 6.02. The minimum Gasteiger partial charge on any atom is -0.508 e. The van der Waals surface area contributed by atoms with Gasteiger partial charge in [0.15, 0.2) is 54.0 Å². The van der Waals surface area contributed by atoms with E-state index in [9.17, 15) is 15.0 Å². The average molecular weight is 947 g/mol. The summed E-state index contributed by atoms with van der Waals surface area (Å²) in [6.07, 6.45) is 7.93. The molecule has 0 unspecified atom stereocenters. The van der Waals surface area contributed by atoms with Gasteiger partial charge in [-0.1, -0.05) is 103 Å². The first-order chi connectivity index (χ1) is 34.3. The van der Waals surface area contributed by atoms with E-state index < -0.39 is 35.8 Å². The molecule has 0 saturated carbocycles. The fourth-order valence-corrected chi connectivity index (χ4v) is 9.35. The Labute approximate surface area is 405 Å². The SMILES string of the molecule is COCOc1cc2c(OCOC)c(c1OC)C/C=C\C[C@H]1[C@@H](O)[C@H](n3cnc4c(NC(c5ccccc5)(c5ccccc5)c5ccccc5)ncnc43)O[C@@H]1/C=C/C(=O)N2Cc1ccc(O)cc1OC. The van der Waals surface area contributed by atoms with Crippen molar-refractivity contribution < 1.29 is 48.2 Å². The molecule has 16 heteroatoms. The maximum atomic E-state index is 14.9. The first-order valence-corrected chi connectivity index (χ1v) is 22.7. The molecule has 4 atom stereocenters. The lowest BCUT2D eigenvalue weighted by Gasteiger charge is -2.37. The van der Waals surface area contributed by atoms with Gasteiger partial charge in [0.05, 0.1) is 38.9 Å². The summed E-state index contributed by atoms with van der Waals surface area (Å²) in [5.41, 5.74) is 4.44. The third-order valence-corrected chi connectivity index (χ3v) is 12.6. The number of hydrogen-bond acceptors (Lipinski definition) is 14. The van der Waals surface area contributed by atoms with Crippen molar-refractivity contribution in [1.82, 2.24) is 19.5 Å². The van der Waals surface area contributed by atoms with Gasteiger partial charge in [-0.15, -0.1) is 0 Å². The van der Waals surface area contributed by atoms with E-state index in [2.05, 4.69) is 41.7 Å². The molecule has 5 aromatic carbocycles. The first kappa shape index (κ1) is 47.3. The van der Waals surface area contributed by atoms with E-state index in [1.54, 1.807) is 29.1 Å². The molecular formula is C54H54N6O10. The highest BCUT2D eigenvalue weighted by Gasteiger charge is 2.44. The number of amides is 1. The van der Waals surface area contributed by atoms with Crippen LogP contribution >= 0.6 is 0 Å². The Balaban J connectivity index is 1.11. The van der Waals surface area contributed by atoms with Crippen molar-refractivity contribution in [2.45, 2.75) is 43.4 Å². The number of anilines is 2. The van der Waals surface area contributed by atoms with Crippen molar-refractivity contribution in [2.75, 3.05) is 52.2 Å². The number of aliphatic hydroxyl groups excluding tert-OH is 1. The van der Waals surface area contributed by atoms with Gasteiger partial charge in [-0.3, -0.25) is 9.36 Å². The Morgan fingerprint density at radius 3 is 2.09 bits per heavy atom. The third-order valence-electron chi connectivity index (χ3n) is 12.6. The Bertz CT molecular complexity index is 2870. The number of phenolic OH excluding ortho intramolecular Hbond substituents is 1. The Morgan fingerprint density at radius 2 is 1.44 bits per heavy atom. The lowest BCUT2D eigenvalue weighted by atomic mass is 9.77. The fraction of sp³-hybridized carbons (Fsp3) is 0.259. The molecule has 1 fully saturated rings. The van der Waals surface area contributed by atoms with Crippen LogP contribution in [0.15, 0.2) is 152 Å². The summed E-state index contributed by atoms with van der Waals surface area (Å²) in [6, 6.07) is 36.9. The number of phenols is 1. The standard InChI is InChI=1S/C54H54N6O10/c1-64-33-68-45-29-42-49(69-34-65-2)41(50(45)67-4)23-15-14-22-40-43(26-27-46(62)59(42)30-35-24-25-39(61)28-44(35)66-3)70-53(48(40)63)60-32-57-47-51(55-31-56-52(47)60)58-54(36-16-8-5-9-17-36,37-18-10-6-11-19-37)38-20-12-7-13-21-38/h5-21,24-29,31-32,40,43,48,53,61,63H,22-23,30,33-34H2,1-4H3,(H,55,56,58)/b15-14-,27-26+/t40-,43-,48-,53-/m1/s1. The number of hydrogen-bond donors (Lipinski definition) is 3. The molecule has 2 aromatic heterocycles. The van der Waals surface area contributed by atoms with Crippen LogP contribution in [0.2, 0.25) is 0 Å². The van der Waals surface area contributed by atoms with Crippen LogP contribution in [0.5, 0.6) is 28.7 Å². The third kappa shape index (κ3) is 9.24. The second-order valence-corrected chi connectivity index (χ2v) is 16.7. The van der Waals surface area contributed by atoms with Crippen LogP contribution in [0.25, 0.3) is 11.2 Å². The highest BCUT2D eigenvalue weighted by atomic mass is 16.7. The molecule has 360 valence electrons. The molecule has 16 nitrogen and oxygen atoms in total. The number of carbonyl (C=O) groups is 1. The Hall–Kier alpha value is -7.76.